The highest BCUT2D eigenvalue weighted by atomic mass is 35.5. The monoisotopic (exact) mass is 264 g/mol. The van der Waals surface area contributed by atoms with E-state index in [4.69, 9.17) is 11.6 Å². The summed E-state index contributed by atoms with van der Waals surface area (Å²) in [4.78, 5) is 0. The van der Waals surface area contributed by atoms with Gasteiger partial charge in [0.1, 0.15) is 0 Å². The van der Waals surface area contributed by atoms with Crippen molar-refractivity contribution in [1.82, 2.24) is 0 Å². The van der Waals surface area contributed by atoms with E-state index in [1.165, 1.54) is 0 Å². The van der Waals surface area contributed by atoms with Crippen molar-refractivity contribution < 1.29 is 4.21 Å². The second-order valence-corrected chi connectivity index (χ2v) is 5.74. The van der Waals surface area contributed by atoms with Crippen molar-refractivity contribution in [2.24, 2.45) is 0 Å². The fourth-order valence-electron chi connectivity index (χ4n) is 1.62. The van der Waals surface area contributed by atoms with Crippen LogP contribution in [0.2, 0.25) is 5.02 Å². The topological polar surface area (TPSA) is 17.1 Å². The first-order chi connectivity index (χ1) is 8.24. The molecule has 0 saturated heterocycles. The maximum Gasteiger partial charge on any atom is 0.0489 e. The molecule has 0 N–H and O–H groups in total. The molecule has 1 atom stereocenters. The number of hydrogen-bond donors (Lipinski definition) is 0. The van der Waals surface area contributed by atoms with Gasteiger partial charge in [0.15, 0.2) is 0 Å². The van der Waals surface area contributed by atoms with Crippen LogP contribution in [0, 0.1) is 0 Å². The molecule has 0 amide bonds. The van der Waals surface area contributed by atoms with E-state index in [0.29, 0.717) is 16.5 Å². The summed E-state index contributed by atoms with van der Waals surface area (Å²) in [6, 6.07) is 17.4. The summed E-state index contributed by atoms with van der Waals surface area (Å²) in [7, 11) is -0.889. The Labute approximate surface area is 109 Å². The van der Waals surface area contributed by atoms with Crippen LogP contribution in [0.3, 0.4) is 0 Å². The van der Waals surface area contributed by atoms with Gasteiger partial charge in [-0.05, 0) is 23.3 Å². The zero-order valence-electron chi connectivity index (χ0n) is 9.30. The van der Waals surface area contributed by atoms with Crippen molar-refractivity contribution in [2.45, 2.75) is 11.5 Å². The van der Waals surface area contributed by atoms with Crippen LogP contribution in [0.1, 0.15) is 11.1 Å². The molecule has 0 fully saturated rings. The number of halogens is 1. The van der Waals surface area contributed by atoms with Gasteiger partial charge in [0.05, 0.1) is 0 Å². The average molecular weight is 265 g/mol. The van der Waals surface area contributed by atoms with Gasteiger partial charge < -0.3 is 0 Å². The maximum atomic E-state index is 12.0. The Morgan fingerprint density at radius 3 is 2.24 bits per heavy atom. The third-order valence-electron chi connectivity index (χ3n) is 2.39. The summed E-state index contributed by atoms with van der Waals surface area (Å²) < 4.78 is 12.0. The van der Waals surface area contributed by atoms with Gasteiger partial charge in [0.25, 0.3) is 0 Å². The molecule has 0 saturated carbocycles. The third-order valence-corrected chi connectivity index (χ3v) is 3.93. The van der Waals surface area contributed by atoms with Gasteiger partial charge in [-0.2, -0.15) is 0 Å². The van der Waals surface area contributed by atoms with Crippen molar-refractivity contribution in [3.8, 4) is 0 Å². The van der Waals surface area contributed by atoms with E-state index in [1.807, 2.05) is 54.6 Å². The number of benzene rings is 2. The van der Waals surface area contributed by atoms with Crippen LogP contribution in [0.15, 0.2) is 54.6 Å². The Kier molecular flexibility index (Phi) is 4.35. The highest BCUT2D eigenvalue weighted by molar-refractivity contribution is 7.83. The predicted octanol–water partition coefficient (Wildman–Crippen LogP) is 3.79. The first kappa shape index (κ1) is 12.3. The summed E-state index contributed by atoms with van der Waals surface area (Å²) in [5.41, 5.74) is 2.12. The molecule has 2 aromatic carbocycles. The van der Waals surface area contributed by atoms with Crippen LogP contribution < -0.4 is 0 Å². The first-order valence-electron chi connectivity index (χ1n) is 5.37. The lowest BCUT2D eigenvalue weighted by Crippen LogP contribution is -1.99. The zero-order valence-corrected chi connectivity index (χ0v) is 10.9. The van der Waals surface area contributed by atoms with Crippen LogP contribution in [-0.4, -0.2) is 4.21 Å². The molecular weight excluding hydrogens is 252 g/mol. The molecule has 0 aliphatic carbocycles. The lowest BCUT2D eigenvalue weighted by Gasteiger charge is -2.03. The summed E-state index contributed by atoms with van der Waals surface area (Å²) in [6.45, 7) is 0. The molecule has 0 aliphatic rings. The molecule has 2 aromatic rings. The minimum Gasteiger partial charge on any atom is -0.259 e. The lowest BCUT2D eigenvalue weighted by molar-refractivity contribution is 0.682. The predicted molar refractivity (Wildman–Crippen MR) is 73.4 cm³/mol. The van der Waals surface area contributed by atoms with E-state index < -0.39 is 10.8 Å². The van der Waals surface area contributed by atoms with E-state index in [-0.39, 0.29) is 0 Å². The van der Waals surface area contributed by atoms with Gasteiger partial charge in [0, 0.05) is 27.3 Å². The molecule has 3 heteroatoms. The van der Waals surface area contributed by atoms with Gasteiger partial charge in [-0.15, -0.1) is 0 Å². The molecule has 17 heavy (non-hydrogen) atoms. The third kappa shape index (κ3) is 3.99. The Morgan fingerprint density at radius 1 is 0.882 bits per heavy atom. The smallest absolute Gasteiger partial charge is 0.0489 e. The maximum absolute atomic E-state index is 12.0. The Hall–Kier alpha value is -1.12. The van der Waals surface area contributed by atoms with Gasteiger partial charge in [-0.1, -0.05) is 54.1 Å². The molecule has 0 aliphatic heterocycles. The summed E-state index contributed by atoms with van der Waals surface area (Å²) in [6.07, 6.45) is 0. The fraction of sp³-hybridized carbons (Fsp3) is 0.143. The van der Waals surface area contributed by atoms with Crippen molar-refractivity contribution in [2.75, 3.05) is 0 Å². The molecular formula is C14H13ClOS. The number of rotatable bonds is 4. The summed E-state index contributed by atoms with van der Waals surface area (Å²) >= 11 is 5.89. The average Bonchev–Trinajstić information content (AvgIpc) is 2.30. The minimum atomic E-state index is -0.889. The van der Waals surface area contributed by atoms with E-state index in [0.717, 1.165) is 11.1 Å². The van der Waals surface area contributed by atoms with Gasteiger partial charge in [0.2, 0.25) is 0 Å². The molecule has 88 valence electrons. The first-order valence-corrected chi connectivity index (χ1v) is 7.24. The SMILES string of the molecule is O=[S@@](Cc1ccccc1)Cc1cccc(Cl)c1. The lowest BCUT2D eigenvalue weighted by atomic mass is 10.2. The zero-order chi connectivity index (χ0) is 12.1. The van der Waals surface area contributed by atoms with Gasteiger partial charge >= 0.3 is 0 Å². The standard InChI is InChI=1S/C14H13ClOS/c15-14-8-4-7-13(9-14)11-17(16)10-12-5-2-1-3-6-12/h1-9H,10-11H2/t17-/m0/s1. The number of hydrogen-bond acceptors (Lipinski definition) is 1. The second-order valence-electron chi connectivity index (χ2n) is 3.84. The molecule has 2 rings (SSSR count). The molecule has 0 aromatic heterocycles. The Bertz CT molecular complexity index is 511. The fourth-order valence-corrected chi connectivity index (χ4v) is 3.05. The van der Waals surface area contributed by atoms with E-state index in [9.17, 15) is 4.21 Å². The van der Waals surface area contributed by atoms with E-state index >= 15 is 0 Å². The van der Waals surface area contributed by atoms with Crippen LogP contribution >= 0.6 is 11.6 Å². The molecule has 0 spiro atoms. The quantitative estimate of drug-likeness (QED) is 0.821. The van der Waals surface area contributed by atoms with Gasteiger partial charge in [-0.25, -0.2) is 0 Å². The largest absolute Gasteiger partial charge is 0.259 e. The van der Waals surface area contributed by atoms with Gasteiger partial charge in [-0.3, -0.25) is 4.21 Å². The van der Waals surface area contributed by atoms with Crippen molar-refractivity contribution >= 4 is 22.4 Å². The molecule has 0 unspecified atom stereocenters. The molecule has 0 bridgehead atoms. The second kappa shape index (κ2) is 5.99. The van der Waals surface area contributed by atoms with Crippen LogP contribution in [-0.2, 0) is 22.3 Å². The van der Waals surface area contributed by atoms with Crippen LogP contribution in [0.4, 0.5) is 0 Å². The van der Waals surface area contributed by atoms with Crippen molar-refractivity contribution in [1.29, 1.82) is 0 Å². The highest BCUT2D eigenvalue weighted by Gasteiger charge is 2.03. The van der Waals surface area contributed by atoms with E-state index in [2.05, 4.69) is 0 Å². The summed E-state index contributed by atoms with van der Waals surface area (Å²) in [5, 5.41) is 0.694. The van der Waals surface area contributed by atoms with Crippen LogP contribution in [0.25, 0.3) is 0 Å². The Balaban J connectivity index is 1.98. The molecule has 0 heterocycles. The van der Waals surface area contributed by atoms with Crippen LogP contribution in [0.5, 0.6) is 0 Å². The van der Waals surface area contributed by atoms with Crippen molar-refractivity contribution in [3.05, 3.63) is 70.7 Å². The van der Waals surface area contributed by atoms with Crippen molar-refractivity contribution in [3.63, 3.8) is 0 Å². The highest BCUT2D eigenvalue weighted by Crippen LogP contribution is 2.14. The Morgan fingerprint density at radius 2 is 1.53 bits per heavy atom. The summed E-state index contributed by atoms with van der Waals surface area (Å²) in [5.74, 6) is 1.14. The molecule has 0 radical (unpaired) electrons. The van der Waals surface area contributed by atoms with E-state index in [1.54, 1.807) is 0 Å². The normalized spacial score (nSPS) is 12.3. The molecule has 1 nitrogen and oxygen atoms in total. The minimum absolute atomic E-state index is 0.551.